The molecule has 1 aromatic rings. The number of rotatable bonds is 2. The lowest BCUT2D eigenvalue weighted by Gasteiger charge is -2.37. The molecule has 2 heterocycles. The fraction of sp³-hybridized carbons (Fsp3) is 0.632. The van der Waals surface area contributed by atoms with Crippen molar-refractivity contribution in [3.63, 3.8) is 0 Å². The lowest BCUT2D eigenvalue weighted by molar-refractivity contribution is 0.0556. The summed E-state index contributed by atoms with van der Waals surface area (Å²) in [5, 5.41) is 0. The van der Waals surface area contributed by atoms with Crippen molar-refractivity contribution in [1.29, 1.82) is 0 Å². The Morgan fingerprint density at radius 2 is 1.61 bits per heavy atom. The molecule has 0 saturated carbocycles. The number of carbonyl (C=O) groups excluding carboxylic acids is 1. The molecule has 4 heteroatoms. The van der Waals surface area contributed by atoms with E-state index in [1.807, 2.05) is 18.7 Å². The van der Waals surface area contributed by atoms with Crippen LogP contribution in [0, 0.1) is 0 Å². The first-order valence-electron chi connectivity index (χ1n) is 8.90. The molecular formula is C19H28N2O2. The van der Waals surface area contributed by atoms with Crippen LogP contribution in [-0.4, -0.2) is 54.2 Å². The highest BCUT2D eigenvalue weighted by Crippen LogP contribution is 2.22. The fourth-order valence-corrected chi connectivity index (χ4v) is 3.74. The SMILES string of the molecule is CC(C)OC(=O)N1CCC(N2CCc3ccccc3CC2)CC1. The van der Waals surface area contributed by atoms with Gasteiger partial charge in [0.05, 0.1) is 6.10 Å². The van der Waals surface area contributed by atoms with Gasteiger partial charge in [-0.15, -0.1) is 0 Å². The molecule has 0 atom stereocenters. The first kappa shape index (κ1) is 16.3. The van der Waals surface area contributed by atoms with E-state index in [0.29, 0.717) is 6.04 Å². The maximum atomic E-state index is 12.0. The number of hydrogen-bond donors (Lipinski definition) is 0. The third-order valence-corrected chi connectivity index (χ3v) is 5.03. The first-order chi connectivity index (χ1) is 11.1. The number of piperidine rings is 1. The van der Waals surface area contributed by atoms with Crippen LogP contribution in [0.25, 0.3) is 0 Å². The average Bonchev–Trinajstić information content (AvgIpc) is 2.77. The Morgan fingerprint density at radius 3 is 2.13 bits per heavy atom. The van der Waals surface area contributed by atoms with Crippen molar-refractivity contribution in [2.45, 2.75) is 51.7 Å². The summed E-state index contributed by atoms with van der Waals surface area (Å²) in [5.74, 6) is 0. The van der Waals surface area contributed by atoms with Gasteiger partial charge in [-0.2, -0.15) is 0 Å². The fourth-order valence-electron chi connectivity index (χ4n) is 3.74. The Hall–Kier alpha value is -1.55. The van der Waals surface area contributed by atoms with E-state index in [-0.39, 0.29) is 12.2 Å². The summed E-state index contributed by atoms with van der Waals surface area (Å²) in [6.07, 6.45) is 4.22. The van der Waals surface area contributed by atoms with Gasteiger partial charge in [0, 0.05) is 32.2 Å². The number of carbonyl (C=O) groups is 1. The minimum atomic E-state index is -0.151. The Kier molecular flexibility index (Phi) is 5.21. The molecule has 2 aliphatic heterocycles. The highest BCUT2D eigenvalue weighted by Gasteiger charge is 2.28. The van der Waals surface area contributed by atoms with E-state index < -0.39 is 0 Å². The van der Waals surface area contributed by atoms with Crippen molar-refractivity contribution in [1.82, 2.24) is 9.80 Å². The number of likely N-dealkylation sites (tertiary alicyclic amines) is 1. The van der Waals surface area contributed by atoms with Gasteiger partial charge in [0.2, 0.25) is 0 Å². The molecule has 0 bridgehead atoms. The van der Waals surface area contributed by atoms with Crippen LogP contribution in [0.1, 0.15) is 37.8 Å². The summed E-state index contributed by atoms with van der Waals surface area (Å²) < 4.78 is 5.31. The highest BCUT2D eigenvalue weighted by atomic mass is 16.6. The Bertz CT molecular complexity index is 509. The zero-order chi connectivity index (χ0) is 16.2. The van der Waals surface area contributed by atoms with Gasteiger partial charge in [0.25, 0.3) is 0 Å². The summed E-state index contributed by atoms with van der Waals surface area (Å²) in [4.78, 5) is 16.5. The topological polar surface area (TPSA) is 32.8 Å². The third kappa shape index (κ3) is 4.05. The molecule has 1 fully saturated rings. The lowest BCUT2D eigenvalue weighted by atomic mass is 10.0. The molecule has 0 radical (unpaired) electrons. The quantitative estimate of drug-likeness (QED) is 0.840. The van der Waals surface area contributed by atoms with Gasteiger partial charge in [-0.25, -0.2) is 4.79 Å². The zero-order valence-electron chi connectivity index (χ0n) is 14.3. The minimum absolute atomic E-state index is 0.0377. The van der Waals surface area contributed by atoms with Crippen molar-refractivity contribution in [3.8, 4) is 0 Å². The lowest BCUT2D eigenvalue weighted by Crippen LogP contribution is -2.47. The summed E-state index contributed by atoms with van der Waals surface area (Å²) in [6, 6.07) is 9.43. The molecule has 126 valence electrons. The molecule has 0 N–H and O–H groups in total. The molecule has 1 amide bonds. The van der Waals surface area contributed by atoms with Gasteiger partial charge in [-0.1, -0.05) is 24.3 Å². The van der Waals surface area contributed by atoms with E-state index in [4.69, 9.17) is 4.74 Å². The standard InChI is InChI=1S/C19H28N2O2/c1-15(2)23-19(22)21-13-9-18(10-14-21)20-11-7-16-5-3-4-6-17(16)8-12-20/h3-6,15,18H,7-14H2,1-2H3. The normalized spacial score (nSPS) is 20.2. The summed E-state index contributed by atoms with van der Waals surface area (Å²) in [7, 11) is 0. The number of fused-ring (bicyclic) bond motifs is 1. The number of ether oxygens (including phenoxy) is 1. The average molecular weight is 316 g/mol. The smallest absolute Gasteiger partial charge is 0.410 e. The largest absolute Gasteiger partial charge is 0.447 e. The van der Waals surface area contributed by atoms with Crippen LogP contribution < -0.4 is 0 Å². The van der Waals surface area contributed by atoms with Gasteiger partial charge in [0.15, 0.2) is 0 Å². The second kappa shape index (κ2) is 7.35. The molecule has 23 heavy (non-hydrogen) atoms. The van der Waals surface area contributed by atoms with E-state index in [2.05, 4.69) is 29.2 Å². The Morgan fingerprint density at radius 1 is 1.04 bits per heavy atom. The van der Waals surface area contributed by atoms with Gasteiger partial charge in [0.1, 0.15) is 0 Å². The van der Waals surface area contributed by atoms with Crippen LogP contribution in [0.4, 0.5) is 4.79 Å². The second-order valence-electron chi connectivity index (χ2n) is 6.96. The van der Waals surface area contributed by atoms with Gasteiger partial charge in [-0.3, -0.25) is 4.90 Å². The molecule has 0 aliphatic carbocycles. The van der Waals surface area contributed by atoms with Crippen molar-refractivity contribution in [2.24, 2.45) is 0 Å². The minimum Gasteiger partial charge on any atom is -0.447 e. The van der Waals surface area contributed by atoms with Crippen LogP contribution in [-0.2, 0) is 17.6 Å². The van der Waals surface area contributed by atoms with Crippen molar-refractivity contribution >= 4 is 6.09 Å². The molecule has 3 rings (SSSR count). The van der Waals surface area contributed by atoms with E-state index in [0.717, 1.165) is 51.9 Å². The van der Waals surface area contributed by atoms with Crippen LogP contribution in [0.3, 0.4) is 0 Å². The third-order valence-electron chi connectivity index (χ3n) is 5.03. The molecule has 0 spiro atoms. The van der Waals surface area contributed by atoms with Crippen molar-refractivity contribution in [2.75, 3.05) is 26.2 Å². The number of amides is 1. The summed E-state index contributed by atoms with van der Waals surface area (Å²) in [6.45, 7) is 7.72. The number of nitrogens with zero attached hydrogens (tertiary/aromatic N) is 2. The van der Waals surface area contributed by atoms with Crippen LogP contribution >= 0.6 is 0 Å². The second-order valence-corrected chi connectivity index (χ2v) is 6.96. The zero-order valence-corrected chi connectivity index (χ0v) is 14.3. The highest BCUT2D eigenvalue weighted by molar-refractivity contribution is 5.67. The predicted octanol–water partition coefficient (Wildman–Crippen LogP) is 3.10. The van der Waals surface area contributed by atoms with Crippen molar-refractivity contribution in [3.05, 3.63) is 35.4 Å². The van der Waals surface area contributed by atoms with Gasteiger partial charge < -0.3 is 9.64 Å². The van der Waals surface area contributed by atoms with Crippen LogP contribution in [0.15, 0.2) is 24.3 Å². The molecule has 1 aromatic carbocycles. The Labute approximate surface area is 139 Å². The predicted molar refractivity (Wildman–Crippen MR) is 91.6 cm³/mol. The Balaban J connectivity index is 1.52. The van der Waals surface area contributed by atoms with E-state index in [1.54, 1.807) is 0 Å². The monoisotopic (exact) mass is 316 g/mol. The van der Waals surface area contributed by atoms with Gasteiger partial charge in [-0.05, 0) is 50.7 Å². The molecule has 0 unspecified atom stereocenters. The van der Waals surface area contributed by atoms with Crippen molar-refractivity contribution < 1.29 is 9.53 Å². The molecule has 4 nitrogen and oxygen atoms in total. The van der Waals surface area contributed by atoms with Crippen LogP contribution in [0.5, 0.6) is 0 Å². The maximum absolute atomic E-state index is 12.0. The van der Waals surface area contributed by atoms with E-state index in [9.17, 15) is 4.79 Å². The molecule has 2 aliphatic rings. The first-order valence-corrected chi connectivity index (χ1v) is 8.90. The summed E-state index contributed by atoms with van der Waals surface area (Å²) in [5.41, 5.74) is 3.01. The molecular weight excluding hydrogens is 288 g/mol. The van der Waals surface area contributed by atoms with Crippen LogP contribution in [0.2, 0.25) is 0 Å². The van der Waals surface area contributed by atoms with E-state index in [1.165, 1.54) is 11.1 Å². The maximum Gasteiger partial charge on any atom is 0.410 e. The molecule has 1 saturated heterocycles. The van der Waals surface area contributed by atoms with E-state index >= 15 is 0 Å². The molecule has 0 aromatic heterocycles. The summed E-state index contributed by atoms with van der Waals surface area (Å²) >= 11 is 0. The van der Waals surface area contributed by atoms with Gasteiger partial charge >= 0.3 is 6.09 Å². The number of hydrogen-bond acceptors (Lipinski definition) is 3. The number of benzene rings is 1.